The van der Waals surface area contributed by atoms with Crippen LogP contribution in [0.1, 0.15) is 61.1 Å². The average molecular weight is 580 g/mol. The van der Waals surface area contributed by atoms with Gasteiger partial charge in [0.05, 0.1) is 11.6 Å². The summed E-state index contributed by atoms with van der Waals surface area (Å²) in [6, 6.07) is 9.37. The van der Waals surface area contributed by atoms with Gasteiger partial charge in [-0.1, -0.05) is 12.1 Å². The van der Waals surface area contributed by atoms with Crippen molar-refractivity contribution in [1.29, 1.82) is 0 Å². The minimum absolute atomic E-state index is 0.0136. The van der Waals surface area contributed by atoms with Crippen LogP contribution in [0, 0.1) is 13.8 Å². The number of Topliss-reactive ketones (excluding diaryl/α,β-unsaturated/α-hetero) is 2. The van der Waals surface area contributed by atoms with Crippen molar-refractivity contribution in [3.05, 3.63) is 74.2 Å². The molecule has 0 bridgehead atoms. The number of amides is 1. The number of benzene rings is 2. The zero-order valence-corrected chi connectivity index (χ0v) is 23.3. The van der Waals surface area contributed by atoms with Crippen molar-refractivity contribution in [2.75, 3.05) is 19.0 Å². The summed E-state index contributed by atoms with van der Waals surface area (Å²) in [5.41, 5.74) is 4.71. The van der Waals surface area contributed by atoms with E-state index in [1.165, 1.54) is 7.11 Å². The third-order valence-electron chi connectivity index (χ3n) is 7.45. The maximum absolute atomic E-state index is 13.1. The first-order valence-corrected chi connectivity index (χ1v) is 13.6. The lowest BCUT2D eigenvalue weighted by molar-refractivity contribution is -0.119. The summed E-state index contributed by atoms with van der Waals surface area (Å²) < 4.78 is 18.2. The fourth-order valence-corrected chi connectivity index (χ4v) is 5.98. The van der Waals surface area contributed by atoms with E-state index in [4.69, 9.17) is 14.2 Å². The number of aryl methyl sites for hydroxylation is 1. The summed E-state index contributed by atoms with van der Waals surface area (Å²) in [5, 5.41) is 2.89. The van der Waals surface area contributed by atoms with E-state index in [2.05, 4.69) is 21.2 Å². The maximum Gasteiger partial charge on any atom is 0.262 e. The Hall–Kier alpha value is -3.39. The highest BCUT2D eigenvalue weighted by Crippen LogP contribution is 2.50. The first-order valence-electron chi connectivity index (χ1n) is 12.8. The van der Waals surface area contributed by atoms with Gasteiger partial charge in [0.1, 0.15) is 11.5 Å². The van der Waals surface area contributed by atoms with Gasteiger partial charge in [0.25, 0.3) is 5.91 Å². The first-order chi connectivity index (χ1) is 18.3. The number of hydrogen-bond donors (Lipinski definition) is 1. The van der Waals surface area contributed by atoms with E-state index in [-0.39, 0.29) is 24.1 Å². The SMILES string of the molecule is COc1cc(C2C3=C(CCCC3=O)OC3=C2C(=O)CCC3)cc(Br)c1OCC(=O)Nc1cccc(C)c1C. The maximum atomic E-state index is 13.1. The molecule has 0 saturated carbocycles. The molecular formula is C30H30BrNO6. The summed E-state index contributed by atoms with van der Waals surface area (Å²) in [4.78, 5) is 38.8. The number of anilines is 1. The van der Waals surface area contributed by atoms with E-state index in [1.54, 1.807) is 6.07 Å². The highest BCUT2D eigenvalue weighted by Gasteiger charge is 2.42. The Labute approximate surface area is 230 Å². The number of ketones is 2. The molecule has 1 N–H and O–H groups in total. The number of allylic oxidation sites excluding steroid dienone is 4. The molecule has 3 aliphatic rings. The van der Waals surface area contributed by atoms with Crippen molar-refractivity contribution in [2.24, 2.45) is 0 Å². The zero-order chi connectivity index (χ0) is 27.0. The lowest BCUT2D eigenvalue weighted by Gasteiger charge is -2.36. The lowest BCUT2D eigenvalue weighted by Crippen LogP contribution is -2.30. The summed E-state index contributed by atoms with van der Waals surface area (Å²) in [5.74, 6) is 1.34. The molecule has 1 amide bonds. The molecule has 5 rings (SSSR count). The first kappa shape index (κ1) is 26.2. The summed E-state index contributed by atoms with van der Waals surface area (Å²) in [7, 11) is 1.52. The highest BCUT2D eigenvalue weighted by atomic mass is 79.9. The van der Waals surface area contributed by atoms with Gasteiger partial charge in [0.2, 0.25) is 0 Å². The molecule has 0 radical (unpaired) electrons. The number of methoxy groups -OCH3 is 1. The molecule has 198 valence electrons. The monoisotopic (exact) mass is 579 g/mol. The van der Waals surface area contributed by atoms with Crippen LogP contribution >= 0.6 is 15.9 Å². The summed E-state index contributed by atoms with van der Waals surface area (Å²) in [6.07, 6.45) is 3.71. The van der Waals surface area contributed by atoms with Crippen molar-refractivity contribution in [3.8, 4) is 11.5 Å². The van der Waals surface area contributed by atoms with Crippen molar-refractivity contribution in [3.63, 3.8) is 0 Å². The van der Waals surface area contributed by atoms with Gasteiger partial charge in [-0.05, 0) is 77.5 Å². The Morgan fingerprint density at radius 2 is 1.68 bits per heavy atom. The standard InChI is InChI=1S/C30H30BrNO6/c1-16-7-4-8-20(17(16)2)32-26(35)15-37-30-19(31)13-18(14-25(30)36-3)27-28-21(33)9-5-11-23(28)38-24-12-6-10-22(34)29(24)27/h4,7-8,13-14,27H,5-6,9-12,15H2,1-3H3,(H,32,35). The van der Waals surface area contributed by atoms with Crippen LogP contribution in [0.3, 0.4) is 0 Å². The second-order valence-corrected chi connectivity index (χ2v) is 10.7. The van der Waals surface area contributed by atoms with Gasteiger partial charge in [0, 0.05) is 48.4 Å². The zero-order valence-electron chi connectivity index (χ0n) is 21.7. The van der Waals surface area contributed by atoms with Crippen molar-refractivity contribution in [1.82, 2.24) is 0 Å². The predicted molar refractivity (Wildman–Crippen MR) is 146 cm³/mol. The molecule has 7 nitrogen and oxygen atoms in total. The van der Waals surface area contributed by atoms with E-state index in [9.17, 15) is 14.4 Å². The lowest BCUT2D eigenvalue weighted by atomic mass is 9.73. The summed E-state index contributed by atoms with van der Waals surface area (Å²) >= 11 is 3.58. The van der Waals surface area contributed by atoms with Crippen molar-refractivity contribution in [2.45, 2.75) is 58.3 Å². The topological polar surface area (TPSA) is 90.9 Å². The van der Waals surface area contributed by atoms with Crippen LogP contribution in [0.15, 0.2) is 57.5 Å². The Morgan fingerprint density at radius 3 is 2.32 bits per heavy atom. The van der Waals surface area contributed by atoms with Gasteiger partial charge in [-0.15, -0.1) is 0 Å². The average Bonchev–Trinajstić information content (AvgIpc) is 2.89. The third kappa shape index (κ3) is 4.89. The predicted octanol–water partition coefficient (Wildman–Crippen LogP) is 6.22. The smallest absolute Gasteiger partial charge is 0.262 e. The fraction of sp³-hybridized carbons (Fsp3) is 0.367. The normalized spacial score (nSPS) is 17.6. The second kappa shape index (κ2) is 10.8. The number of rotatable bonds is 6. The number of halogens is 1. The molecule has 2 aromatic carbocycles. The van der Waals surface area contributed by atoms with Gasteiger partial charge < -0.3 is 19.5 Å². The van der Waals surface area contributed by atoms with Gasteiger partial charge in [0.15, 0.2) is 29.7 Å². The van der Waals surface area contributed by atoms with Crippen molar-refractivity contribution < 1.29 is 28.6 Å². The molecule has 1 aliphatic heterocycles. The molecule has 0 unspecified atom stereocenters. The van der Waals surface area contributed by atoms with Gasteiger partial charge in [-0.25, -0.2) is 0 Å². The molecule has 8 heteroatoms. The van der Waals surface area contributed by atoms with Crippen LogP contribution in [0.25, 0.3) is 0 Å². The number of hydrogen-bond acceptors (Lipinski definition) is 6. The molecule has 0 atom stereocenters. The van der Waals surface area contributed by atoms with Crippen LogP contribution < -0.4 is 14.8 Å². The quantitative estimate of drug-likeness (QED) is 0.437. The van der Waals surface area contributed by atoms with Gasteiger partial charge in [-0.3, -0.25) is 14.4 Å². The molecule has 0 spiro atoms. The Balaban J connectivity index is 1.45. The number of ether oxygens (including phenoxy) is 3. The summed E-state index contributed by atoms with van der Waals surface area (Å²) in [6.45, 7) is 3.72. The minimum atomic E-state index is -0.513. The number of carbonyl (C=O) groups excluding carboxylic acids is 3. The van der Waals surface area contributed by atoms with Crippen LogP contribution in [-0.2, 0) is 19.1 Å². The molecule has 1 heterocycles. The van der Waals surface area contributed by atoms with E-state index < -0.39 is 5.92 Å². The Morgan fingerprint density at radius 1 is 1.03 bits per heavy atom. The van der Waals surface area contributed by atoms with Crippen LogP contribution in [-0.4, -0.2) is 31.2 Å². The van der Waals surface area contributed by atoms with E-state index in [0.29, 0.717) is 64.3 Å². The van der Waals surface area contributed by atoms with Gasteiger partial charge >= 0.3 is 0 Å². The fourth-order valence-electron chi connectivity index (χ4n) is 5.41. The van der Waals surface area contributed by atoms with Crippen molar-refractivity contribution >= 4 is 39.1 Å². The van der Waals surface area contributed by atoms with Gasteiger partial charge in [-0.2, -0.15) is 0 Å². The molecule has 38 heavy (non-hydrogen) atoms. The molecule has 0 aromatic heterocycles. The molecule has 2 aliphatic carbocycles. The highest BCUT2D eigenvalue weighted by molar-refractivity contribution is 9.10. The third-order valence-corrected chi connectivity index (χ3v) is 8.04. The molecule has 0 fully saturated rings. The molecular weight excluding hydrogens is 550 g/mol. The van der Waals surface area contributed by atoms with Crippen LogP contribution in [0.4, 0.5) is 5.69 Å². The van der Waals surface area contributed by atoms with Crippen LogP contribution in [0.5, 0.6) is 11.5 Å². The van der Waals surface area contributed by atoms with E-state index in [0.717, 1.165) is 35.2 Å². The number of nitrogens with one attached hydrogen (secondary N) is 1. The van der Waals surface area contributed by atoms with E-state index in [1.807, 2.05) is 38.1 Å². The minimum Gasteiger partial charge on any atom is -0.493 e. The Kier molecular flexibility index (Phi) is 7.43. The largest absolute Gasteiger partial charge is 0.493 e. The Bertz CT molecular complexity index is 1360. The second-order valence-electron chi connectivity index (χ2n) is 9.88. The number of carbonyl (C=O) groups is 3. The molecule has 2 aromatic rings. The molecule has 0 saturated heterocycles. The van der Waals surface area contributed by atoms with Crippen LogP contribution in [0.2, 0.25) is 0 Å². The van der Waals surface area contributed by atoms with E-state index >= 15 is 0 Å².